The molecule has 0 bridgehead atoms. The summed E-state index contributed by atoms with van der Waals surface area (Å²) in [6, 6.07) is 7.35. The van der Waals surface area contributed by atoms with E-state index < -0.39 is 6.29 Å². The van der Waals surface area contributed by atoms with Crippen molar-refractivity contribution in [2.75, 3.05) is 20.3 Å². The smallest absolute Gasteiger partial charge is 0.215 e. The number of hydrogen-bond acceptors (Lipinski definition) is 5. The molecule has 1 aromatic carbocycles. The van der Waals surface area contributed by atoms with Crippen molar-refractivity contribution in [3.63, 3.8) is 0 Å². The molecule has 1 aliphatic heterocycles. The van der Waals surface area contributed by atoms with Crippen molar-refractivity contribution in [3.8, 4) is 11.5 Å². The molecule has 2 rings (SSSR count). The first-order chi connectivity index (χ1) is 8.33. The molecule has 0 aliphatic carbocycles. The number of para-hydroxylation sites is 2. The number of benzene rings is 1. The summed E-state index contributed by atoms with van der Waals surface area (Å²) < 4.78 is 21.0. The Morgan fingerprint density at radius 1 is 1.41 bits per heavy atom. The Balaban J connectivity index is 1.87. The second-order valence-electron chi connectivity index (χ2n) is 3.56. The second kappa shape index (κ2) is 5.65. The van der Waals surface area contributed by atoms with Crippen molar-refractivity contribution in [2.24, 2.45) is 0 Å². The lowest BCUT2D eigenvalue weighted by molar-refractivity contribution is -0.133. The molecule has 0 aromatic heterocycles. The van der Waals surface area contributed by atoms with Crippen LogP contribution in [0.4, 0.5) is 0 Å². The van der Waals surface area contributed by atoms with E-state index in [9.17, 15) is 4.79 Å². The summed E-state index contributed by atoms with van der Waals surface area (Å²) in [5, 5.41) is 0. The molecule has 1 aromatic rings. The van der Waals surface area contributed by atoms with Gasteiger partial charge in [-0.05, 0) is 12.1 Å². The lowest BCUT2D eigenvalue weighted by atomic mass is 10.3. The van der Waals surface area contributed by atoms with Crippen LogP contribution in [0.15, 0.2) is 24.3 Å². The molecule has 1 aliphatic rings. The zero-order valence-electron chi connectivity index (χ0n) is 9.50. The molecule has 1 fully saturated rings. The maximum atomic E-state index is 10.4. The van der Waals surface area contributed by atoms with E-state index in [0.29, 0.717) is 31.0 Å². The number of methoxy groups -OCH3 is 1. The van der Waals surface area contributed by atoms with E-state index in [2.05, 4.69) is 0 Å². The quantitative estimate of drug-likeness (QED) is 0.717. The normalized spacial score (nSPS) is 23.4. The molecule has 1 saturated heterocycles. The largest absolute Gasteiger partial charge is 0.493 e. The number of aldehydes is 1. The Kier molecular flexibility index (Phi) is 3.95. The van der Waals surface area contributed by atoms with Crippen LogP contribution in [0.2, 0.25) is 0 Å². The highest BCUT2D eigenvalue weighted by atomic mass is 16.7. The molecule has 0 N–H and O–H groups in total. The van der Waals surface area contributed by atoms with Gasteiger partial charge in [0.05, 0.1) is 13.7 Å². The minimum Gasteiger partial charge on any atom is -0.493 e. The second-order valence-corrected chi connectivity index (χ2v) is 3.56. The Morgan fingerprint density at radius 2 is 2.18 bits per heavy atom. The van der Waals surface area contributed by atoms with Crippen molar-refractivity contribution in [1.29, 1.82) is 0 Å². The summed E-state index contributed by atoms with van der Waals surface area (Å²) in [5.41, 5.74) is 0. The minimum atomic E-state index is -0.763. The maximum absolute atomic E-state index is 10.4. The van der Waals surface area contributed by atoms with Crippen LogP contribution in [0.3, 0.4) is 0 Å². The fourth-order valence-electron chi connectivity index (χ4n) is 1.55. The van der Waals surface area contributed by atoms with Crippen molar-refractivity contribution in [2.45, 2.75) is 12.4 Å². The third kappa shape index (κ3) is 2.95. The summed E-state index contributed by atoms with van der Waals surface area (Å²) >= 11 is 0. The van der Waals surface area contributed by atoms with Crippen molar-refractivity contribution in [1.82, 2.24) is 0 Å². The maximum Gasteiger partial charge on any atom is 0.215 e. The number of carbonyl (C=O) groups is 1. The average molecular weight is 238 g/mol. The first-order valence-electron chi connectivity index (χ1n) is 5.31. The fourth-order valence-corrected chi connectivity index (χ4v) is 1.55. The van der Waals surface area contributed by atoms with Gasteiger partial charge in [-0.15, -0.1) is 0 Å². The number of rotatable bonds is 5. The summed E-state index contributed by atoms with van der Waals surface area (Å²) in [4.78, 5) is 10.4. The molecule has 17 heavy (non-hydrogen) atoms. The Bertz CT molecular complexity index is 379. The zero-order valence-corrected chi connectivity index (χ0v) is 9.50. The van der Waals surface area contributed by atoms with E-state index >= 15 is 0 Å². The van der Waals surface area contributed by atoms with Crippen molar-refractivity contribution < 1.29 is 23.7 Å². The van der Waals surface area contributed by atoms with Crippen molar-refractivity contribution in [3.05, 3.63) is 24.3 Å². The summed E-state index contributed by atoms with van der Waals surface area (Å²) in [6.45, 7) is 0.684. The number of carbonyl (C=O) groups excluding carboxylic acids is 1. The van der Waals surface area contributed by atoms with Crippen LogP contribution in [-0.4, -0.2) is 39.0 Å². The van der Waals surface area contributed by atoms with Crippen LogP contribution in [-0.2, 0) is 14.3 Å². The fraction of sp³-hybridized carbons (Fsp3) is 0.417. The standard InChI is InChI=1S/C12H14O5/c1-14-10-4-2-3-5-11(10)15-7-9-8-16-12(6-13)17-9/h2-6,9,12H,7-8H2,1H3. The molecule has 0 spiro atoms. The SMILES string of the molecule is COc1ccccc1OCC1COC(C=O)O1. The van der Waals surface area contributed by atoms with Crippen LogP contribution in [0.25, 0.3) is 0 Å². The van der Waals surface area contributed by atoms with Crippen LogP contribution >= 0.6 is 0 Å². The van der Waals surface area contributed by atoms with Crippen molar-refractivity contribution >= 4 is 6.29 Å². The topological polar surface area (TPSA) is 54.0 Å². The van der Waals surface area contributed by atoms with Gasteiger partial charge in [-0.3, -0.25) is 4.79 Å². The summed E-state index contributed by atoms with van der Waals surface area (Å²) in [7, 11) is 1.58. The molecule has 0 saturated carbocycles. The molecule has 0 radical (unpaired) electrons. The molecule has 0 amide bonds. The molecule has 92 valence electrons. The van der Waals surface area contributed by atoms with Crippen LogP contribution in [0.1, 0.15) is 0 Å². The molecule has 5 nitrogen and oxygen atoms in total. The Labute approximate surface area is 99.2 Å². The monoisotopic (exact) mass is 238 g/mol. The van der Waals surface area contributed by atoms with Gasteiger partial charge in [-0.25, -0.2) is 0 Å². The van der Waals surface area contributed by atoms with Gasteiger partial charge in [0.25, 0.3) is 0 Å². The van der Waals surface area contributed by atoms with E-state index in [-0.39, 0.29) is 6.10 Å². The lowest BCUT2D eigenvalue weighted by Crippen LogP contribution is -2.21. The first-order valence-corrected chi connectivity index (χ1v) is 5.31. The van der Waals surface area contributed by atoms with E-state index in [1.54, 1.807) is 7.11 Å². The van der Waals surface area contributed by atoms with Gasteiger partial charge >= 0.3 is 0 Å². The van der Waals surface area contributed by atoms with Gasteiger partial charge in [0, 0.05) is 0 Å². The third-order valence-corrected chi connectivity index (χ3v) is 2.38. The Hall–Kier alpha value is -1.59. The minimum absolute atomic E-state index is 0.227. The van der Waals surface area contributed by atoms with E-state index in [0.717, 1.165) is 0 Å². The average Bonchev–Trinajstić information content (AvgIpc) is 2.84. The molecule has 2 unspecified atom stereocenters. The van der Waals surface area contributed by atoms with E-state index in [1.807, 2.05) is 24.3 Å². The predicted molar refractivity (Wildman–Crippen MR) is 59.2 cm³/mol. The predicted octanol–water partition coefficient (Wildman–Crippen LogP) is 1.01. The van der Waals surface area contributed by atoms with Crippen LogP contribution in [0.5, 0.6) is 11.5 Å². The van der Waals surface area contributed by atoms with E-state index in [1.165, 1.54) is 0 Å². The highest BCUT2D eigenvalue weighted by Gasteiger charge is 2.26. The number of hydrogen-bond donors (Lipinski definition) is 0. The van der Waals surface area contributed by atoms with Gasteiger partial charge in [0.2, 0.25) is 6.29 Å². The van der Waals surface area contributed by atoms with E-state index in [4.69, 9.17) is 18.9 Å². The van der Waals surface area contributed by atoms with Gasteiger partial charge in [0.15, 0.2) is 17.8 Å². The van der Waals surface area contributed by atoms with Crippen LogP contribution in [0, 0.1) is 0 Å². The highest BCUT2D eigenvalue weighted by molar-refractivity contribution is 5.54. The lowest BCUT2D eigenvalue weighted by Gasteiger charge is -2.12. The first kappa shape index (κ1) is 11.9. The molecule has 5 heteroatoms. The molecule has 1 heterocycles. The Morgan fingerprint density at radius 3 is 2.82 bits per heavy atom. The number of ether oxygens (including phenoxy) is 4. The molecular weight excluding hydrogens is 224 g/mol. The van der Waals surface area contributed by atoms with Gasteiger partial charge < -0.3 is 18.9 Å². The summed E-state index contributed by atoms with van der Waals surface area (Å²) in [5.74, 6) is 1.31. The van der Waals surface area contributed by atoms with Gasteiger partial charge in [0.1, 0.15) is 12.7 Å². The molecule has 2 atom stereocenters. The highest BCUT2D eigenvalue weighted by Crippen LogP contribution is 2.26. The zero-order chi connectivity index (χ0) is 12.1. The summed E-state index contributed by atoms with van der Waals surface area (Å²) in [6.07, 6.45) is -0.361. The van der Waals surface area contributed by atoms with Crippen LogP contribution < -0.4 is 9.47 Å². The van der Waals surface area contributed by atoms with Gasteiger partial charge in [-0.2, -0.15) is 0 Å². The molecular formula is C12H14O5. The van der Waals surface area contributed by atoms with Gasteiger partial charge in [-0.1, -0.05) is 12.1 Å². The third-order valence-electron chi connectivity index (χ3n) is 2.38.